The molecule has 0 amide bonds. The van der Waals surface area contributed by atoms with E-state index in [9.17, 15) is 10.5 Å². The summed E-state index contributed by atoms with van der Waals surface area (Å²) < 4.78 is 9.17. The average molecular weight is 915 g/mol. The molecule has 0 spiro atoms. The van der Waals surface area contributed by atoms with Crippen LogP contribution in [-0.2, 0) is 0 Å². The first-order valence-corrected chi connectivity index (χ1v) is 24.2. The van der Waals surface area contributed by atoms with E-state index >= 15 is 0 Å². The number of hydrogen-bond donors (Lipinski definition) is 0. The predicted molar refractivity (Wildman–Crippen MR) is 296 cm³/mol. The summed E-state index contributed by atoms with van der Waals surface area (Å²) in [6.45, 7) is 0. The van der Waals surface area contributed by atoms with Gasteiger partial charge >= 0.3 is 0 Å². The van der Waals surface area contributed by atoms with Gasteiger partial charge in [0.25, 0.3) is 0 Å². The van der Waals surface area contributed by atoms with Gasteiger partial charge in [-0.15, -0.1) is 0 Å². The van der Waals surface area contributed by atoms with Crippen molar-refractivity contribution in [3.8, 4) is 46.0 Å². The quantitative estimate of drug-likeness (QED) is 0.173. The lowest BCUT2D eigenvalue weighted by atomic mass is 9.90. The highest BCUT2D eigenvalue weighted by Crippen LogP contribution is 2.50. The molecule has 0 aliphatic rings. The zero-order valence-corrected chi connectivity index (χ0v) is 38.6. The normalized spacial score (nSPS) is 11.9. The van der Waals surface area contributed by atoms with Crippen molar-refractivity contribution in [1.29, 1.82) is 10.5 Å². The smallest absolute Gasteiger partial charge is 0.104 e. The van der Waals surface area contributed by atoms with Crippen LogP contribution in [0.1, 0.15) is 11.1 Å². The van der Waals surface area contributed by atoms with E-state index in [0.29, 0.717) is 28.2 Å². The van der Waals surface area contributed by atoms with E-state index in [1.807, 2.05) is 6.07 Å². The Labute approximate surface area is 412 Å². The summed E-state index contributed by atoms with van der Waals surface area (Å²) in [5.41, 5.74) is 13.1. The van der Waals surface area contributed by atoms with Crippen LogP contribution in [-0.4, -0.2) is 18.3 Å². The Balaban J connectivity index is 1.25. The molecule has 15 rings (SSSR count). The Morgan fingerprint density at radius 2 is 0.708 bits per heavy atom. The standard InChI is InChI=1S/C66H38N6/c67-39-52-63(72-58-32-16-10-26-49(58)50-36-37-60-62(64(50)72)51-27-11-17-33-59(51)69(60)44-20-2-1-3-21-44)53(40-68)66(71-56-30-14-8-24-47(56)48-25-9-15-31-57(48)71)61(43-35-34-41-18-4-5-19-42(41)38-43)65(52)70-54-28-12-6-22-45(54)46-23-7-13-29-55(46)70/h1-38H. The zero-order valence-electron chi connectivity index (χ0n) is 38.6. The Hall–Kier alpha value is -10.1. The van der Waals surface area contributed by atoms with Gasteiger partial charge in [0.2, 0.25) is 0 Å². The number of benzene rings is 11. The highest BCUT2D eigenvalue weighted by molar-refractivity contribution is 6.26. The molecule has 6 heteroatoms. The van der Waals surface area contributed by atoms with E-state index in [4.69, 9.17) is 0 Å². The number of para-hydroxylation sites is 7. The lowest BCUT2D eigenvalue weighted by Crippen LogP contribution is -2.14. The third-order valence-electron chi connectivity index (χ3n) is 15.0. The Morgan fingerprint density at radius 3 is 1.22 bits per heavy atom. The third kappa shape index (κ3) is 5.35. The molecule has 4 aromatic heterocycles. The van der Waals surface area contributed by atoms with E-state index < -0.39 is 0 Å². The molecule has 72 heavy (non-hydrogen) atoms. The molecule has 11 aromatic carbocycles. The summed E-state index contributed by atoms with van der Waals surface area (Å²) in [6, 6.07) is 86.6. The van der Waals surface area contributed by atoms with Gasteiger partial charge in [-0.25, -0.2) is 0 Å². The molecular weight excluding hydrogens is 877 g/mol. The van der Waals surface area contributed by atoms with Crippen LogP contribution in [0.5, 0.6) is 0 Å². The molecule has 0 saturated carbocycles. The first-order valence-electron chi connectivity index (χ1n) is 24.2. The van der Waals surface area contributed by atoms with Crippen LogP contribution in [0.25, 0.3) is 132 Å². The van der Waals surface area contributed by atoms with Crippen LogP contribution in [0.15, 0.2) is 231 Å². The number of aromatic nitrogens is 4. The molecule has 0 fully saturated rings. The van der Waals surface area contributed by atoms with Crippen molar-refractivity contribution < 1.29 is 0 Å². The molecular formula is C66H38N6. The van der Waals surface area contributed by atoms with Crippen molar-refractivity contribution in [3.05, 3.63) is 242 Å². The van der Waals surface area contributed by atoms with E-state index in [1.165, 1.54) is 0 Å². The summed E-state index contributed by atoms with van der Waals surface area (Å²) in [6.07, 6.45) is 0. The summed E-state index contributed by atoms with van der Waals surface area (Å²) >= 11 is 0. The van der Waals surface area contributed by atoms with Crippen molar-refractivity contribution >= 4 is 98.0 Å². The molecule has 4 heterocycles. The van der Waals surface area contributed by atoms with Crippen molar-refractivity contribution in [2.24, 2.45) is 0 Å². The molecule has 0 aliphatic carbocycles. The van der Waals surface area contributed by atoms with Gasteiger partial charge in [-0.3, -0.25) is 0 Å². The van der Waals surface area contributed by atoms with Crippen LogP contribution in [0, 0.1) is 22.7 Å². The molecule has 0 atom stereocenters. The fourth-order valence-corrected chi connectivity index (χ4v) is 12.1. The third-order valence-corrected chi connectivity index (χ3v) is 15.0. The van der Waals surface area contributed by atoms with Gasteiger partial charge in [0.15, 0.2) is 0 Å². The first kappa shape index (κ1) is 39.8. The van der Waals surface area contributed by atoms with Crippen LogP contribution < -0.4 is 0 Å². The monoisotopic (exact) mass is 914 g/mol. The highest BCUT2D eigenvalue weighted by Gasteiger charge is 2.34. The maximum Gasteiger partial charge on any atom is 0.104 e. The number of rotatable bonds is 5. The molecule has 332 valence electrons. The van der Waals surface area contributed by atoms with Crippen molar-refractivity contribution in [2.45, 2.75) is 0 Å². The average Bonchev–Trinajstić information content (AvgIpc) is 4.17. The van der Waals surface area contributed by atoms with Gasteiger partial charge in [0.05, 0.1) is 61.2 Å². The minimum atomic E-state index is 0.386. The summed E-state index contributed by atoms with van der Waals surface area (Å²) in [5.74, 6) is 0. The Bertz CT molecular complexity index is 4630. The molecule has 6 nitrogen and oxygen atoms in total. The predicted octanol–water partition coefficient (Wildman–Crippen LogP) is 16.6. The lowest BCUT2D eigenvalue weighted by Gasteiger charge is -2.26. The molecule has 15 aromatic rings. The van der Waals surface area contributed by atoms with Gasteiger partial charge < -0.3 is 18.3 Å². The minimum Gasteiger partial charge on any atom is -0.309 e. The van der Waals surface area contributed by atoms with Crippen LogP contribution >= 0.6 is 0 Å². The number of hydrogen-bond acceptors (Lipinski definition) is 2. The van der Waals surface area contributed by atoms with Crippen molar-refractivity contribution in [2.75, 3.05) is 0 Å². The van der Waals surface area contributed by atoms with Gasteiger partial charge in [-0.1, -0.05) is 170 Å². The maximum absolute atomic E-state index is 12.5. The van der Waals surface area contributed by atoms with E-state index in [-0.39, 0.29) is 0 Å². The fraction of sp³-hybridized carbons (Fsp3) is 0. The zero-order chi connectivity index (χ0) is 47.6. The van der Waals surface area contributed by atoms with E-state index in [1.54, 1.807) is 0 Å². The fourth-order valence-electron chi connectivity index (χ4n) is 12.1. The Kier molecular flexibility index (Phi) is 8.39. The number of nitriles is 2. The number of nitrogens with zero attached hydrogens (tertiary/aromatic N) is 6. The highest BCUT2D eigenvalue weighted by atomic mass is 15.1. The second-order valence-electron chi connectivity index (χ2n) is 18.6. The van der Waals surface area contributed by atoms with Crippen LogP contribution in [0.3, 0.4) is 0 Å². The lowest BCUT2D eigenvalue weighted by molar-refractivity contribution is 1.08. The molecule has 0 N–H and O–H groups in total. The minimum absolute atomic E-state index is 0.386. The van der Waals surface area contributed by atoms with Crippen LogP contribution in [0.2, 0.25) is 0 Å². The second-order valence-corrected chi connectivity index (χ2v) is 18.6. The van der Waals surface area contributed by atoms with Crippen LogP contribution in [0.4, 0.5) is 0 Å². The summed E-state index contributed by atoms with van der Waals surface area (Å²) in [4.78, 5) is 0. The van der Waals surface area contributed by atoms with Gasteiger partial charge in [-0.2, -0.15) is 10.5 Å². The summed E-state index contributed by atoms with van der Waals surface area (Å²) in [5, 5.41) is 35.5. The molecule has 0 saturated heterocycles. The van der Waals surface area contributed by atoms with Gasteiger partial charge in [0.1, 0.15) is 23.3 Å². The van der Waals surface area contributed by atoms with E-state index in [2.05, 4.69) is 255 Å². The maximum atomic E-state index is 12.5. The molecule has 0 aliphatic heterocycles. The Morgan fingerprint density at radius 1 is 0.292 bits per heavy atom. The summed E-state index contributed by atoms with van der Waals surface area (Å²) in [7, 11) is 0. The molecule has 0 bridgehead atoms. The van der Waals surface area contributed by atoms with Crippen molar-refractivity contribution in [1.82, 2.24) is 18.3 Å². The second kappa shape index (κ2) is 15.2. The van der Waals surface area contributed by atoms with Gasteiger partial charge in [0, 0.05) is 54.3 Å². The first-order chi connectivity index (χ1) is 35.7. The SMILES string of the molecule is N#Cc1c(-n2c3ccccc3c3ccccc32)c(-c2ccc3ccccc3c2)c(-n2c3ccccc3c3ccccc32)c(C#N)c1-n1c2ccccc2c2ccc3c(c4ccccc4n3-c3ccccc3)c21. The van der Waals surface area contributed by atoms with E-state index in [0.717, 1.165) is 115 Å². The van der Waals surface area contributed by atoms with Gasteiger partial charge in [-0.05, 0) is 77.0 Å². The largest absolute Gasteiger partial charge is 0.309 e. The molecule has 0 unspecified atom stereocenters. The molecule has 0 radical (unpaired) electrons. The number of fused-ring (bicyclic) bond motifs is 14. The van der Waals surface area contributed by atoms with Crippen molar-refractivity contribution in [3.63, 3.8) is 0 Å². The topological polar surface area (TPSA) is 67.3 Å².